The molecule has 0 spiro atoms. The van der Waals surface area contributed by atoms with E-state index in [0.717, 1.165) is 21.9 Å². The van der Waals surface area contributed by atoms with Crippen LogP contribution in [0.15, 0.2) is 18.2 Å². The molecule has 3 N–H and O–H groups in total. The fraction of sp³-hybridized carbons (Fsp3) is 0.467. The van der Waals surface area contributed by atoms with Crippen LogP contribution in [0.5, 0.6) is 0 Å². The lowest BCUT2D eigenvalue weighted by atomic mass is 10.0. The largest absolute Gasteiger partial charge is 0.417 e. The molecule has 1 aromatic carbocycles. The van der Waals surface area contributed by atoms with Gasteiger partial charge < -0.3 is 5.11 Å². The van der Waals surface area contributed by atoms with E-state index in [0.29, 0.717) is 6.07 Å². The molecule has 1 aromatic rings. The molecule has 12 heteroatoms. The van der Waals surface area contributed by atoms with Crippen LogP contribution in [0, 0.1) is 16.7 Å². The van der Waals surface area contributed by atoms with Gasteiger partial charge in [0, 0.05) is 12.2 Å². The Bertz CT molecular complexity index is 909. The summed E-state index contributed by atoms with van der Waals surface area (Å²) in [5.41, 5.74) is -5.49. The molecule has 1 saturated heterocycles. The van der Waals surface area contributed by atoms with Crippen molar-refractivity contribution in [1.29, 1.82) is 10.7 Å². The quantitative estimate of drug-likeness (QED) is 0.648. The highest BCUT2D eigenvalue weighted by molar-refractivity contribution is 7.86. The number of hydrogen-bond acceptors (Lipinski definition) is 6. The van der Waals surface area contributed by atoms with E-state index >= 15 is 0 Å². The normalized spacial score (nSPS) is 20.7. The smallest absolute Gasteiger partial charge is 0.395 e. The Hall–Kier alpha value is -2.20. The van der Waals surface area contributed by atoms with E-state index in [4.69, 9.17) is 10.7 Å². The van der Waals surface area contributed by atoms with E-state index < -0.39 is 50.9 Å². The van der Waals surface area contributed by atoms with Gasteiger partial charge in [-0.2, -0.15) is 26.9 Å². The lowest BCUT2D eigenvalue weighted by Gasteiger charge is -2.31. The molecule has 148 valence electrons. The Labute approximate surface area is 153 Å². The molecule has 2 rings (SSSR count). The first kappa shape index (κ1) is 21.1. The van der Waals surface area contributed by atoms with E-state index in [1.807, 2.05) is 0 Å². The molecule has 1 heterocycles. The molecule has 0 aromatic heterocycles. The van der Waals surface area contributed by atoms with Gasteiger partial charge in [0.2, 0.25) is 5.50 Å². The number of anilines is 1. The first-order valence-electron chi connectivity index (χ1n) is 7.60. The lowest BCUT2D eigenvalue weighted by Crippen LogP contribution is -2.50. The van der Waals surface area contributed by atoms with Crippen molar-refractivity contribution in [1.82, 2.24) is 4.90 Å². The fourth-order valence-electron chi connectivity index (χ4n) is 3.02. The first-order valence-corrected chi connectivity index (χ1v) is 9.10. The summed E-state index contributed by atoms with van der Waals surface area (Å²) in [7, 11) is -4.89. The highest BCUT2D eigenvalue weighted by Crippen LogP contribution is 2.40. The number of β-amino-alcohol motifs (C(OH)–C–C–N with tert-alkyl or cyclic N) is 1. The number of nitrogens with zero attached hydrogens (tertiary/aromatic N) is 3. The number of benzene rings is 1. The van der Waals surface area contributed by atoms with Crippen LogP contribution in [-0.4, -0.2) is 53.0 Å². The molecule has 0 radical (unpaired) electrons. The van der Waals surface area contributed by atoms with Crippen molar-refractivity contribution in [3.05, 3.63) is 29.3 Å². The van der Waals surface area contributed by atoms with Gasteiger partial charge in [0.15, 0.2) is 0 Å². The van der Waals surface area contributed by atoms with Crippen molar-refractivity contribution in [2.75, 3.05) is 18.1 Å². The molecule has 1 aliphatic heterocycles. The van der Waals surface area contributed by atoms with Gasteiger partial charge in [0.25, 0.3) is 0 Å². The summed E-state index contributed by atoms with van der Waals surface area (Å²) in [5, 5.41) is 26.4. The van der Waals surface area contributed by atoms with Crippen molar-refractivity contribution in [3.8, 4) is 6.07 Å². The molecule has 0 saturated carbocycles. The summed E-state index contributed by atoms with van der Waals surface area (Å²) in [6.07, 6.45) is -4.88. The number of amidine groups is 1. The summed E-state index contributed by atoms with van der Waals surface area (Å²) in [6, 6.07) is 3.91. The van der Waals surface area contributed by atoms with E-state index in [1.54, 1.807) is 0 Å². The van der Waals surface area contributed by atoms with Gasteiger partial charge in [-0.15, -0.1) is 0 Å². The highest BCUT2D eigenvalue weighted by Gasteiger charge is 2.54. The molecular formula is C15H17F3N4O4S. The average molecular weight is 406 g/mol. The van der Waals surface area contributed by atoms with Gasteiger partial charge in [-0.1, -0.05) is 0 Å². The number of halogens is 3. The second-order valence-electron chi connectivity index (χ2n) is 6.38. The summed E-state index contributed by atoms with van der Waals surface area (Å²) in [5.74, 6) is -0.392. The maximum atomic E-state index is 13.2. The van der Waals surface area contributed by atoms with Crippen LogP contribution < -0.4 is 4.90 Å². The number of aliphatic hydroxyl groups excluding tert-OH is 1. The van der Waals surface area contributed by atoms with Gasteiger partial charge in [-0.05, 0) is 32.0 Å². The molecule has 1 atom stereocenters. The van der Waals surface area contributed by atoms with Crippen LogP contribution in [0.2, 0.25) is 0 Å². The summed E-state index contributed by atoms with van der Waals surface area (Å²) >= 11 is 0. The zero-order valence-electron chi connectivity index (χ0n) is 14.3. The standard InChI is InChI=1S/C15H17F3N4O4S/c1-14(2)12(20)22(13(27(24,25)26)21(14)5-6-23)10-4-3-9(8-19)11(7-10)15(16,17)18/h3-4,7,13,20,23H,5-6H2,1-2H3,(H,24,25,26). The molecule has 8 nitrogen and oxygen atoms in total. The third-order valence-electron chi connectivity index (χ3n) is 4.34. The Morgan fingerprint density at radius 3 is 2.41 bits per heavy atom. The number of nitrogens with one attached hydrogen (secondary N) is 1. The van der Waals surface area contributed by atoms with Crippen LogP contribution in [0.25, 0.3) is 0 Å². The minimum Gasteiger partial charge on any atom is -0.395 e. The molecule has 1 unspecified atom stereocenters. The molecule has 1 aliphatic rings. The van der Waals surface area contributed by atoms with Crippen LogP contribution in [0.1, 0.15) is 25.0 Å². The molecule has 27 heavy (non-hydrogen) atoms. The van der Waals surface area contributed by atoms with E-state index in [2.05, 4.69) is 0 Å². The van der Waals surface area contributed by atoms with Crippen molar-refractivity contribution >= 4 is 21.6 Å². The van der Waals surface area contributed by atoms with E-state index in [-0.39, 0.29) is 12.2 Å². The van der Waals surface area contributed by atoms with Crippen molar-refractivity contribution in [2.24, 2.45) is 0 Å². The first-order chi connectivity index (χ1) is 12.3. The Morgan fingerprint density at radius 1 is 1.37 bits per heavy atom. The summed E-state index contributed by atoms with van der Waals surface area (Å²) in [4.78, 5) is 1.83. The van der Waals surface area contributed by atoms with E-state index in [1.165, 1.54) is 19.9 Å². The highest BCUT2D eigenvalue weighted by atomic mass is 32.2. The molecular weight excluding hydrogens is 389 g/mol. The monoisotopic (exact) mass is 406 g/mol. The number of hydrogen-bond donors (Lipinski definition) is 3. The third kappa shape index (κ3) is 3.63. The number of aliphatic hydroxyl groups is 1. The fourth-order valence-corrected chi connectivity index (χ4v) is 4.20. The van der Waals surface area contributed by atoms with Crippen molar-refractivity contribution in [2.45, 2.75) is 31.1 Å². The number of alkyl halides is 3. The van der Waals surface area contributed by atoms with Crippen LogP contribution in [-0.2, 0) is 16.3 Å². The van der Waals surface area contributed by atoms with Gasteiger partial charge >= 0.3 is 16.3 Å². The molecule has 0 amide bonds. The number of rotatable bonds is 4. The second kappa shape index (κ2) is 6.75. The van der Waals surface area contributed by atoms with Crippen LogP contribution in [0.4, 0.5) is 18.9 Å². The zero-order valence-corrected chi connectivity index (χ0v) is 15.1. The second-order valence-corrected chi connectivity index (χ2v) is 7.83. The Kier molecular flexibility index (Phi) is 5.28. The maximum Gasteiger partial charge on any atom is 0.417 e. The van der Waals surface area contributed by atoms with Gasteiger partial charge in [0.05, 0.1) is 29.3 Å². The number of nitriles is 1. The van der Waals surface area contributed by atoms with Gasteiger partial charge in [-0.3, -0.25) is 19.8 Å². The lowest BCUT2D eigenvalue weighted by molar-refractivity contribution is -0.137. The van der Waals surface area contributed by atoms with Gasteiger partial charge in [0.1, 0.15) is 5.84 Å². The zero-order chi connectivity index (χ0) is 20.8. The minimum atomic E-state index is -4.89. The minimum absolute atomic E-state index is 0.251. The Balaban J connectivity index is 2.72. The Morgan fingerprint density at radius 2 is 1.96 bits per heavy atom. The third-order valence-corrected chi connectivity index (χ3v) is 5.34. The average Bonchev–Trinajstić information content (AvgIpc) is 2.74. The van der Waals surface area contributed by atoms with E-state index in [9.17, 15) is 31.2 Å². The van der Waals surface area contributed by atoms with Crippen molar-refractivity contribution in [3.63, 3.8) is 0 Å². The maximum absolute atomic E-state index is 13.2. The predicted molar refractivity (Wildman–Crippen MR) is 89.6 cm³/mol. The predicted octanol–water partition coefficient (Wildman–Crippen LogP) is 1.62. The SMILES string of the molecule is CC1(C)C(=N)N(c2ccc(C#N)c(C(F)(F)F)c2)C(S(=O)(=O)O)N1CCO. The van der Waals surface area contributed by atoms with Gasteiger partial charge in [-0.25, -0.2) is 0 Å². The summed E-state index contributed by atoms with van der Waals surface area (Å²) in [6.45, 7) is 2.13. The van der Waals surface area contributed by atoms with Crippen LogP contribution >= 0.6 is 0 Å². The van der Waals surface area contributed by atoms with Crippen molar-refractivity contribution < 1.29 is 31.2 Å². The van der Waals surface area contributed by atoms with Crippen LogP contribution in [0.3, 0.4) is 0 Å². The molecule has 0 aliphatic carbocycles. The molecule has 1 fully saturated rings. The topological polar surface area (TPSA) is 129 Å². The summed E-state index contributed by atoms with van der Waals surface area (Å²) < 4.78 is 73.3. The molecule has 0 bridgehead atoms.